The number of ether oxygens (including phenoxy) is 1. The predicted molar refractivity (Wildman–Crippen MR) is 80.9 cm³/mol. The van der Waals surface area contributed by atoms with E-state index in [4.69, 9.17) is 4.74 Å². The van der Waals surface area contributed by atoms with Gasteiger partial charge in [-0.1, -0.05) is 0 Å². The van der Waals surface area contributed by atoms with E-state index < -0.39 is 0 Å². The molecule has 6 nitrogen and oxygen atoms in total. The zero-order valence-corrected chi connectivity index (χ0v) is 12.8. The first-order valence-corrected chi connectivity index (χ1v) is 7.89. The molecule has 0 saturated carbocycles. The number of rotatable bonds is 3. The summed E-state index contributed by atoms with van der Waals surface area (Å²) in [5.74, 6) is 0.658. The molecule has 0 unspecified atom stereocenters. The molecule has 3 atom stereocenters. The Morgan fingerprint density at radius 2 is 2.36 bits per heavy atom. The average molecular weight is 299 g/mol. The third-order valence-corrected chi connectivity index (χ3v) is 4.74. The van der Waals surface area contributed by atoms with E-state index in [1.165, 1.54) is 12.0 Å². The van der Waals surface area contributed by atoms with Crippen molar-refractivity contribution in [2.45, 2.75) is 31.6 Å². The number of hydrogen-bond acceptors (Lipinski definition) is 5. The van der Waals surface area contributed by atoms with Gasteiger partial charge in [-0.15, -0.1) is 0 Å². The first-order chi connectivity index (χ1) is 10.8. The Morgan fingerprint density at radius 1 is 1.41 bits per heavy atom. The number of hydrogen-bond donors (Lipinski definition) is 0. The number of likely N-dealkylation sites (tertiary alicyclic amines) is 1. The van der Waals surface area contributed by atoms with Crippen LogP contribution in [-0.2, 0) is 18.3 Å². The lowest BCUT2D eigenvalue weighted by Gasteiger charge is -2.33. The molecule has 2 aromatic heterocycles. The third-order valence-electron chi connectivity index (χ3n) is 4.74. The predicted octanol–water partition coefficient (Wildman–Crippen LogP) is 1.56. The lowest BCUT2D eigenvalue weighted by Crippen LogP contribution is -2.41. The van der Waals surface area contributed by atoms with E-state index in [1.807, 2.05) is 24.0 Å². The molecular formula is C16H21N5O. The van der Waals surface area contributed by atoms with E-state index in [9.17, 15) is 0 Å². The van der Waals surface area contributed by atoms with Gasteiger partial charge in [0.25, 0.3) is 0 Å². The SMILES string of the molecule is Cn1cc(CN2CC[C@@H]3C[C@H](c4ccncn4)O[C@H]3C2)cn1. The van der Waals surface area contributed by atoms with Crippen LogP contribution in [-0.4, -0.2) is 43.8 Å². The van der Waals surface area contributed by atoms with Crippen molar-refractivity contribution < 1.29 is 4.74 Å². The summed E-state index contributed by atoms with van der Waals surface area (Å²) >= 11 is 0. The van der Waals surface area contributed by atoms with Crippen LogP contribution < -0.4 is 0 Å². The highest BCUT2D eigenvalue weighted by molar-refractivity contribution is 5.07. The maximum Gasteiger partial charge on any atom is 0.115 e. The number of nitrogens with zero attached hydrogens (tertiary/aromatic N) is 5. The Labute approximate surface area is 130 Å². The van der Waals surface area contributed by atoms with Gasteiger partial charge in [0.05, 0.1) is 18.0 Å². The standard InChI is InChI=1S/C16H21N5O/c1-20-8-12(7-19-20)9-21-5-3-13-6-15(22-16(13)10-21)14-2-4-17-11-18-14/h2,4,7-8,11,13,15-16H,3,5-6,9-10H2,1H3/t13-,15-,16+/m1/s1. The molecule has 0 aliphatic carbocycles. The molecule has 2 saturated heterocycles. The van der Waals surface area contributed by atoms with Gasteiger partial charge >= 0.3 is 0 Å². The van der Waals surface area contributed by atoms with Crippen molar-refractivity contribution in [2.24, 2.45) is 13.0 Å². The second kappa shape index (κ2) is 5.78. The Bertz CT molecular complexity index is 628. The molecule has 22 heavy (non-hydrogen) atoms. The fourth-order valence-corrected chi connectivity index (χ4v) is 3.63. The summed E-state index contributed by atoms with van der Waals surface area (Å²) in [5, 5.41) is 4.24. The molecule has 116 valence electrons. The molecule has 0 N–H and O–H groups in total. The van der Waals surface area contributed by atoms with Gasteiger partial charge in [0.15, 0.2) is 0 Å². The molecule has 2 aliphatic heterocycles. The summed E-state index contributed by atoms with van der Waals surface area (Å²) in [6, 6.07) is 1.97. The van der Waals surface area contributed by atoms with E-state index in [-0.39, 0.29) is 6.10 Å². The number of piperidine rings is 1. The van der Waals surface area contributed by atoms with Crippen molar-refractivity contribution in [2.75, 3.05) is 13.1 Å². The normalized spacial score (nSPS) is 28.7. The Balaban J connectivity index is 1.39. The van der Waals surface area contributed by atoms with Gasteiger partial charge in [0, 0.05) is 38.1 Å². The molecule has 0 bridgehead atoms. The molecule has 2 fully saturated rings. The number of aromatic nitrogens is 4. The largest absolute Gasteiger partial charge is 0.367 e. The van der Waals surface area contributed by atoms with Gasteiger partial charge in [-0.2, -0.15) is 5.10 Å². The summed E-state index contributed by atoms with van der Waals surface area (Å²) in [6.45, 7) is 3.09. The van der Waals surface area contributed by atoms with Gasteiger partial charge in [-0.05, 0) is 31.4 Å². The minimum absolute atomic E-state index is 0.136. The molecule has 0 radical (unpaired) electrons. The second-order valence-corrected chi connectivity index (χ2v) is 6.34. The fraction of sp³-hybridized carbons (Fsp3) is 0.562. The molecule has 0 spiro atoms. The van der Waals surface area contributed by atoms with Crippen molar-refractivity contribution in [1.29, 1.82) is 0 Å². The topological polar surface area (TPSA) is 56.1 Å². The molecule has 4 rings (SSSR count). The van der Waals surface area contributed by atoms with Crippen LogP contribution in [0.1, 0.15) is 30.2 Å². The van der Waals surface area contributed by atoms with Crippen LogP contribution in [0, 0.1) is 5.92 Å². The zero-order valence-electron chi connectivity index (χ0n) is 12.8. The number of aryl methyl sites for hydroxylation is 1. The highest BCUT2D eigenvalue weighted by Gasteiger charge is 2.40. The van der Waals surface area contributed by atoms with Crippen molar-refractivity contribution >= 4 is 0 Å². The monoisotopic (exact) mass is 299 g/mol. The zero-order chi connectivity index (χ0) is 14.9. The van der Waals surface area contributed by atoms with Gasteiger partial charge in [-0.3, -0.25) is 9.58 Å². The Kier molecular flexibility index (Phi) is 3.63. The fourth-order valence-electron chi connectivity index (χ4n) is 3.63. The van der Waals surface area contributed by atoms with Crippen LogP contribution in [0.5, 0.6) is 0 Å². The van der Waals surface area contributed by atoms with E-state index in [0.717, 1.165) is 31.7 Å². The number of fused-ring (bicyclic) bond motifs is 1. The van der Waals surface area contributed by atoms with Crippen LogP contribution >= 0.6 is 0 Å². The average Bonchev–Trinajstić information content (AvgIpc) is 3.14. The van der Waals surface area contributed by atoms with E-state index >= 15 is 0 Å². The maximum absolute atomic E-state index is 6.27. The quantitative estimate of drug-likeness (QED) is 0.861. The first kappa shape index (κ1) is 13.8. The molecule has 4 heterocycles. The molecule has 0 amide bonds. The molecule has 2 aliphatic rings. The third kappa shape index (κ3) is 2.76. The second-order valence-electron chi connectivity index (χ2n) is 6.34. The van der Waals surface area contributed by atoms with Gasteiger partial charge in [0.1, 0.15) is 12.4 Å². The van der Waals surface area contributed by atoms with Gasteiger partial charge in [0.2, 0.25) is 0 Å². The van der Waals surface area contributed by atoms with Crippen LogP contribution in [0.25, 0.3) is 0 Å². The van der Waals surface area contributed by atoms with Crippen molar-refractivity contribution in [3.63, 3.8) is 0 Å². The summed E-state index contributed by atoms with van der Waals surface area (Å²) in [6.07, 6.45) is 10.2. The summed E-state index contributed by atoms with van der Waals surface area (Å²) in [4.78, 5) is 10.8. The van der Waals surface area contributed by atoms with Crippen molar-refractivity contribution in [1.82, 2.24) is 24.6 Å². The van der Waals surface area contributed by atoms with Crippen molar-refractivity contribution in [3.05, 3.63) is 42.2 Å². The van der Waals surface area contributed by atoms with Gasteiger partial charge in [-0.25, -0.2) is 9.97 Å². The van der Waals surface area contributed by atoms with Crippen molar-refractivity contribution in [3.8, 4) is 0 Å². The van der Waals surface area contributed by atoms with Crippen LogP contribution in [0.2, 0.25) is 0 Å². The maximum atomic E-state index is 6.27. The molecule has 2 aromatic rings. The summed E-state index contributed by atoms with van der Waals surface area (Å²) < 4.78 is 8.13. The smallest absolute Gasteiger partial charge is 0.115 e. The Morgan fingerprint density at radius 3 is 3.14 bits per heavy atom. The summed E-state index contributed by atoms with van der Waals surface area (Å²) in [7, 11) is 1.96. The lowest BCUT2D eigenvalue weighted by atomic mass is 9.91. The molecule has 6 heteroatoms. The Hall–Kier alpha value is -1.79. The highest BCUT2D eigenvalue weighted by Crippen LogP contribution is 2.40. The molecule has 0 aromatic carbocycles. The van der Waals surface area contributed by atoms with Gasteiger partial charge < -0.3 is 4.74 Å². The van der Waals surface area contributed by atoms with E-state index in [2.05, 4.69) is 26.2 Å². The van der Waals surface area contributed by atoms with Crippen LogP contribution in [0.15, 0.2) is 31.0 Å². The van der Waals surface area contributed by atoms with Crippen LogP contribution in [0.4, 0.5) is 0 Å². The van der Waals surface area contributed by atoms with E-state index in [0.29, 0.717) is 12.0 Å². The summed E-state index contributed by atoms with van der Waals surface area (Å²) in [5.41, 5.74) is 2.29. The van der Waals surface area contributed by atoms with E-state index in [1.54, 1.807) is 12.5 Å². The minimum atomic E-state index is 0.136. The molecular weight excluding hydrogens is 278 g/mol. The minimum Gasteiger partial charge on any atom is -0.367 e. The first-order valence-electron chi connectivity index (χ1n) is 7.89. The highest BCUT2D eigenvalue weighted by atomic mass is 16.5. The lowest BCUT2D eigenvalue weighted by molar-refractivity contribution is -0.0106. The van der Waals surface area contributed by atoms with Crippen LogP contribution in [0.3, 0.4) is 0 Å².